The number of fused-ring (bicyclic) bond motifs is 1. The molecule has 0 bridgehead atoms. The molecule has 31 heavy (non-hydrogen) atoms. The predicted molar refractivity (Wildman–Crippen MR) is 106 cm³/mol. The summed E-state index contributed by atoms with van der Waals surface area (Å²) in [6, 6.07) is 3.81. The first-order valence-corrected chi connectivity index (χ1v) is 10.2. The summed E-state index contributed by atoms with van der Waals surface area (Å²) in [7, 11) is 0. The molecule has 1 aromatic carbocycles. The molecule has 3 aliphatic rings. The van der Waals surface area contributed by atoms with Crippen molar-refractivity contribution in [3.8, 4) is 5.75 Å². The average molecular weight is 461 g/mol. The molecule has 2 aliphatic heterocycles. The first-order valence-electron chi connectivity index (χ1n) is 9.84. The fraction of sp³-hybridized carbons (Fsp3) is 0.579. The quantitative estimate of drug-likeness (QED) is 0.564. The molecule has 3 fully saturated rings. The van der Waals surface area contributed by atoms with Crippen LogP contribution in [0, 0.1) is 5.92 Å². The molecule has 2 heterocycles. The van der Waals surface area contributed by atoms with Crippen molar-refractivity contribution in [2.24, 2.45) is 5.92 Å². The van der Waals surface area contributed by atoms with Gasteiger partial charge in [0.2, 0.25) is 5.91 Å². The Morgan fingerprint density at radius 1 is 1.19 bits per heavy atom. The third-order valence-corrected chi connectivity index (χ3v) is 6.15. The highest BCUT2D eigenvalue weighted by molar-refractivity contribution is 7.80. The van der Waals surface area contributed by atoms with Gasteiger partial charge in [0.1, 0.15) is 11.9 Å². The summed E-state index contributed by atoms with van der Waals surface area (Å²) < 4.78 is 46.6. The number of amides is 1. The highest BCUT2D eigenvalue weighted by Gasteiger charge is 2.54. The lowest BCUT2D eigenvalue weighted by Gasteiger charge is -2.43. The van der Waals surface area contributed by atoms with Gasteiger partial charge in [-0.3, -0.25) is 4.79 Å². The molecule has 8 nitrogen and oxygen atoms in total. The Labute approximate surface area is 181 Å². The number of alkyl halides is 3. The number of hydrogen-bond donors (Lipinski definition) is 3. The number of nitrogens with one attached hydrogen (secondary N) is 1. The number of carbonyl (C=O) groups is 1. The molecule has 0 spiro atoms. The topological polar surface area (TPSA) is 94.5 Å². The van der Waals surface area contributed by atoms with Gasteiger partial charge >= 0.3 is 6.36 Å². The standard InChI is InChI=1S/C19H22F3N3O5S/c20-19(21,22)30-11-3-1-10(2-4-11)25-15-12(17(28)24-5-7-29-8-6-24)9-13(26)16(27)14(15)23-18(25)31/h1-4,12-16,26-27H,5-9H2,(H,23,31). The van der Waals surface area contributed by atoms with Crippen LogP contribution in [-0.2, 0) is 9.53 Å². The van der Waals surface area contributed by atoms with E-state index in [1.165, 1.54) is 12.1 Å². The maximum Gasteiger partial charge on any atom is 0.573 e. The number of carbonyl (C=O) groups excluding carboxylic acids is 1. The number of benzene rings is 1. The van der Waals surface area contributed by atoms with Crippen LogP contribution in [0.4, 0.5) is 18.9 Å². The Morgan fingerprint density at radius 2 is 1.84 bits per heavy atom. The molecule has 0 aromatic heterocycles. The average Bonchev–Trinajstić information content (AvgIpc) is 3.07. The fourth-order valence-electron chi connectivity index (χ4n) is 4.45. The smallest absolute Gasteiger partial charge is 0.406 e. The first kappa shape index (κ1) is 22.1. The molecule has 1 amide bonds. The van der Waals surface area contributed by atoms with Crippen LogP contribution in [0.25, 0.3) is 0 Å². The molecular weight excluding hydrogens is 439 g/mol. The summed E-state index contributed by atoms with van der Waals surface area (Å²) in [5, 5.41) is 24.1. The van der Waals surface area contributed by atoms with E-state index in [0.29, 0.717) is 32.0 Å². The number of rotatable bonds is 3. The van der Waals surface area contributed by atoms with Crippen LogP contribution in [0.5, 0.6) is 5.75 Å². The zero-order valence-corrected chi connectivity index (χ0v) is 17.1. The molecule has 170 valence electrons. The van der Waals surface area contributed by atoms with E-state index in [2.05, 4.69) is 10.1 Å². The fourth-order valence-corrected chi connectivity index (χ4v) is 4.82. The van der Waals surface area contributed by atoms with Crippen molar-refractivity contribution in [1.29, 1.82) is 0 Å². The van der Waals surface area contributed by atoms with Crippen molar-refractivity contribution in [3.05, 3.63) is 24.3 Å². The Balaban J connectivity index is 1.63. The van der Waals surface area contributed by atoms with E-state index in [1.807, 2.05) is 0 Å². The van der Waals surface area contributed by atoms with Crippen molar-refractivity contribution < 1.29 is 37.7 Å². The normalized spacial score (nSPS) is 31.3. The summed E-state index contributed by atoms with van der Waals surface area (Å²) in [5.74, 6) is -1.25. The molecule has 0 radical (unpaired) electrons. The number of morpholine rings is 1. The zero-order valence-electron chi connectivity index (χ0n) is 16.3. The SMILES string of the molecule is O=C(C1CC(O)C(O)C2NC(=S)N(c3ccc(OC(F)(F)F)cc3)C12)N1CCOCC1. The van der Waals surface area contributed by atoms with Gasteiger partial charge in [0.15, 0.2) is 5.11 Å². The van der Waals surface area contributed by atoms with Crippen LogP contribution < -0.4 is 15.0 Å². The number of nitrogens with zero attached hydrogens (tertiary/aromatic N) is 2. The lowest BCUT2D eigenvalue weighted by Crippen LogP contribution is -2.61. The predicted octanol–water partition coefficient (Wildman–Crippen LogP) is 0.617. The maximum absolute atomic E-state index is 13.3. The van der Waals surface area contributed by atoms with Gasteiger partial charge in [0, 0.05) is 18.8 Å². The van der Waals surface area contributed by atoms with Crippen LogP contribution >= 0.6 is 12.2 Å². The molecule has 2 saturated heterocycles. The van der Waals surface area contributed by atoms with Gasteiger partial charge in [-0.2, -0.15) is 0 Å². The number of aliphatic hydroxyl groups is 2. The Morgan fingerprint density at radius 3 is 2.45 bits per heavy atom. The van der Waals surface area contributed by atoms with E-state index in [-0.39, 0.29) is 23.2 Å². The molecule has 1 aromatic rings. The van der Waals surface area contributed by atoms with Crippen molar-refractivity contribution in [1.82, 2.24) is 10.2 Å². The number of halogens is 3. The largest absolute Gasteiger partial charge is 0.573 e. The van der Waals surface area contributed by atoms with Gasteiger partial charge in [-0.25, -0.2) is 0 Å². The Hall–Kier alpha value is -2.15. The van der Waals surface area contributed by atoms with Gasteiger partial charge in [0.25, 0.3) is 0 Å². The first-order chi connectivity index (χ1) is 14.7. The highest BCUT2D eigenvalue weighted by Crippen LogP contribution is 2.38. The summed E-state index contributed by atoms with van der Waals surface area (Å²) in [6.07, 6.45) is -7.05. The molecule has 1 saturated carbocycles. The van der Waals surface area contributed by atoms with E-state index in [1.54, 1.807) is 9.80 Å². The number of thiocarbonyl (C=S) groups is 1. The molecule has 5 atom stereocenters. The second-order valence-electron chi connectivity index (χ2n) is 7.72. The second kappa shape index (κ2) is 8.41. The van der Waals surface area contributed by atoms with E-state index in [4.69, 9.17) is 17.0 Å². The van der Waals surface area contributed by atoms with Crippen LogP contribution in [0.3, 0.4) is 0 Å². The monoisotopic (exact) mass is 461 g/mol. The lowest BCUT2D eigenvalue weighted by atomic mass is 9.77. The number of anilines is 1. The summed E-state index contributed by atoms with van der Waals surface area (Å²) in [6.45, 7) is 1.68. The third kappa shape index (κ3) is 4.43. The van der Waals surface area contributed by atoms with Crippen LogP contribution in [0.1, 0.15) is 6.42 Å². The van der Waals surface area contributed by atoms with Crippen LogP contribution in [-0.4, -0.2) is 83.1 Å². The third-order valence-electron chi connectivity index (χ3n) is 5.83. The van der Waals surface area contributed by atoms with E-state index in [0.717, 1.165) is 12.1 Å². The molecule has 1 aliphatic carbocycles. The van der Waals surface area contributed by atoms with Crippen LogP contribution in [0.2, 0.25) is 0 Å². The summed E-state index contributed by atoms with van der Waals surface area (Å²) in [4.78, 5) is 16.6. The highest BCUT2D eigenvalue weighted by atomic mass is 32.1. The minimum atomic E-state index is -4.81. The number of hydrogen-bond acceptors (Lipinski definition) is 6. The van der Waals surface area contributed by atoms with Crippen molar-refractivity contribution in [3.63, 3.8) is 0 Å². The summed E-state index contributed by atoms with van der Waals surface area (Å²) >= 11 is 5.41. The van der Waals surface area contributed by atoms with Crippen molar-refractivity contribution >= 4 is 28.9 Å². The molecule has 4 rings (SSSR count). The van der Waals surface area contributed by atoms with Gasteiger partial charge in [-0.15, -0.1) is 13.2 Å². The van der Waals surface area contributed by atoms with Crippen molar-refractivity contribution in [2.75, 3.05) is 31.2 Å². The Kier molecular flexibility index (Phi) is 5.99. The zero-order chi connectivity index (χ0) is 22.3. The van der Waals surface area contributed by atoms with E-state index < -0.39 is 36.6 Å². The maximum atomic E-state index is 13.3. The molecule has 3 N–H and O–H groups in total. The molecule has 5 unspecified atom stereocenters. The van der Waals surface area contributed by atoms with E-state index >= 15 is 0 Å². The molecular formula is C19H22F3N3O5S. The number of aliphatic hydroxyl groups excluding tert-OH is 2. The summed E-state index contributed by atoms with van der Waals surface area (Å²) in [5.41, 5.74) is 0.447. The second-order valence-corrected chi connectivity index (χ2v) is 8.10. The van der Waals surface area contributed by atoms with E-state index in [9.17, 15) is 28.2 Å². The minimum Gasteiger partial charge on any atom is -0.406 e. The molecule has 12 heteroatoms. The van der Waals surface area contributed by atoms with Gasteiger partial charge in [0.05, 0.1) is 37.3 Å². The Bertz CT molecular complexity index is 834. The minimum absolute atomic E-state index is 0.0363. The van der Waals surface area contributed by atoms with Crippen molar-refractivity contribution in [2.45, 2.75) is 37.1 Å². The number of ether oxygens (including phenoxy) is 2. The van der Waals surface area contributed by atoms with Gasteiger partial charge in [-0.1, -0.05) is 0 Å². The lowest BCUT2D eigenvalue weighted by molar-refractivity contribution is -0.274. The van der Waals surface area contributed by atoms with Crippen LogP contribution in [0.15, 0.2) is 24.3 Å². The van der Waals surface area contributed by atoms with Gasteiger partial charge in [-0.05, 0) is 42.9 Å². The van der Waals surface area contributed by atoms with Gasteiger partial charge < -0.3 is 34.8 Å².